The molecule has 14 heteroatoms. The average molecular weight is 927 g/mol. The second-order valence-corrected chi connectivity index (χ2v) is 16.1. The van der Waals surface area contributed by atoms with Gasteiger partial charge in [0.2, 0.25) is 0 Å². The number of aryl methyl sites for hydroxylation is 2. The number of methoxy groups -OCH3 is 4. The molecule has 2 atom stereocenters. The van der Waals surface area contributed by atoms with Crippen LogP contribution in [0.25, 0.3) is 22.3 Å². The van der Waals surface area contributed by atoms with Gasteiger partial charge < -0.3 is 50.0 Å². The molecule has 356 valence electrons. The van der Waals surface area contributed by atoms with Crippen LogP contribution in [-0.2, 0) is 44.9 Å². The maximum Gasteiger partial charge on any atom is 0.414 e. The number of benzene rings is 6. The third kappa shape index (κ3) is 14.2. The fraction of sp³-hybridized carbons (Fsp3) is 0.259. The van der Waals surface area contributed by atoms with E-state index in [1.54, 1.807) is 28.4 Å². The lowest BCUT2D eigenvalue weighted by atomic mass is 9.89. The van der Waals surface area contributed by atoms with Gasteiger partial charge in [0.15, 0.2) is 23.0 Å². The number of ether oxygens (including phenoxy) is 4. The van der Waals surface area contributed by atoms with Crippen LogP contribution in [0.5, 0.6) is 23.0 Å². The van der Waals surface area contributed by atoms with Crippen LogP contribution in [0.4, 0.5) is 0 Å². The predicted molar refractivity (Wildman–Crippen MR) is 259 cm³/mol. The molecule has 2 aliphatic rings. The van der Waals surface area contributed by atoms with Crippen LogP contribution >= 0.6 is 0 Å². The van der Waals surface area contributed by atoms with Crippen LogP contribution in [0.3, 0.4) is 0 Å². The number of nitrogens with one attached hydrogen (secondary N) is 2. The van der Waals surface area contributed by atoms with Crippen molar-refractivity contribution in [2.45, 2.75) is 51.6 Å². The lowest BCUT2D eigenvalue weighted by Crippen LogP contribution is -2.31. The molecule has 0 saturated carbocycles. The molecule has 2 heterocycles. The minimum absolute atomic E-state index is 0.286. The maximum atomic E-state index is 9.10. The number of carboxylic acid groups (broad SMARTS) is 4. The van der Waals surface area contributed by atoms with Crippen LogP contribution in [-0.4, -0.2) is 85.8 Å². The van der Waals surface area contributed by atoms with Crippen LogP contribution in [0.2, 0.25) is 0 Å². The largest absolute Gasteiger partial charge is 0.493 e. The standard InChI is InChI=1S/2C25H27NO2.2C2H2O4/c2*1-17-4-8-19(9-5-17)20-10-6-18(7-11-20)14-23-22-16-25(28-3)24(27-2)15-21(22)12-13-26-23;2*3-1(4)2(5)6/h2*4-11,15-16,23,26H,12-14H2,1-3H3;2*(H,3,4)(H,5,6). The Hall–Kier alpha value is -7.68. The van der Waals surface area contributed by atoms with E-state index in [-0.39, 0.29) is 12.1 Å². The first-order chi connectivity index (χ1) is 32.6. The first kappa shape index (κ1) is 51.3. The summed E-state index contributed by atoms with van der Waals surface area (Å²) >= 11 is 0. The van der Waals surface area contributed by atoms with Crippen molar-refractivity contribution in [1.82, 2.24) is 10.6 Å². The zero-order valence-corrected chi connectivity index (χ0v) is 39.0. The van der Waals surface area contributed by atoms with Crippen LogP contribution in [0.1, 0.15) is 56.6 Å². The molecule has 0 aliphatic carbocycles. The van der Waals surface area contributed by atoms with E-state index in [4.69, 9.17) is 58.6 Å². The molecule has 0 amide bonds. The van der Waals surface area contributed by atoms with Gasteiger partial charge in [0.05, 0.1) is 28.4 Å². The highest BCUT2D eigenvalue weighted by atomic mass is 16.5. The van der Waals surface area contributed by atoms with E-state index in [0.29, 0.717) is 0 Å². The Balaban J connectivity index is 0.000000205. The number of hydrogen-bond acceptors (Lipinski definition) is 10. The Morgan fingerprint density at radius 1 is 0.441 bits per heavy atom. The predicted octanol–water partition coefficient (Wildman–Crippen LogP) is 8.53. The van der Waals surface area contributed by atoms with Gasteiger partial charge >= 0.3 is 23.9 Å². The third-order valence-electron chi connectivity index (χ3n) is 11.5. The van der Waals surface area contributed by atoms with Crippen molar-refractivity contribution in [1.29, 1.82) is 0 Å². The molecule has 0 radical (unpaired) electrons. The highest BCUT2D eigenvalue weighted by Gasteiger charge is 2.24. The molecular weight excluding hydrogens is 869 g/mol. The summed E-state index contributed by atoms with van der Waals surface area (Å²) in [6.45, 7) is 6.20. The zero-order chi connectivity index (χ0) is 49.3. The number of carboxylic acids is 4. The number of rotatable bonds is 10. The van der Waals surface area contributed by atoms with E-state index in [9.17, 15) is 0 Å². The van der Waals surface area contributed by atoms with E-state index in [2.05, 4.69) is 146 Å². The van der Waals surface area contributed by atoms with Crippen LogP contribution in [0, 0.1) is 13.8 Å². The van der Waals surface area contributed by atoms with E-state index in [0.717, 1.165) is 61.8 Å². The molecule has 2 unspecified atom stereocenters. The van der Waals surface area contributed by atoms with Crippen molar-refractivity contribution in [2.75, 3.05) is 41.5 Å². The van der Waals surface area contributed by atoms with Gasteiger partial charge in [-0.25, -0.2) is 19.2 Å². The van der Waals surface area contributed by atoms with Crippen molar-refractivity contribution in [2.24, 2.45) is 0 Å². The monoisotopic (exact) mass is 926 g/mol. The minimum Gasteiger partial charge on any atom is -0.493 e. The van der Waals surface area contributed by atoms with Gasteiger partial charge in [0.25, 0.3) is 0 Å². The molecule has 6 aromatic carbocycles. The summed E-state index contributed by atoms with van der Waals surface area (Å²) in [5.74, 6) is -4.09. The fourth-order valence-corrected chi connectivity index (χ4v) is 7.93. The quantitative estimate of drug-likeness (QED) is 0.0712. The molecule has 0 spiro atoms. The molecule has 68 heavy (non-hydrogen) atoms. The van der Waals surface area contributed by atoms with Crippen molar-refractivity contribution < 1.29 is 58.6 Å². The Labute approximate surface area is 396 Å². The van der Waals surface area contributed by atoms with Gasteiger partial charge in [-0.3, -0.25) is 0 Å². The van der Waals surface area contributed by atoms with E-state index in [1.807, 2.05) is 0 Å². The first-order valence-electron chi connectivity index (χ1n) is 21.8. The van der Waals surface area contributed by atoms with Crippen molar-refractivity contribution in [3.05, 3.63) is 166 Å². The Morgan fingerprint density at radius 3 is 0.971 bits per heavy atom. The molecule has 8 rings (SSSR count). The minimum atomic E-state index is -1.82. The lowest BCUT2D eigenvalue weighted by molar-refractivity contribution is -0.159. The molecule has 6 aromatic rings. The SMILES string of the molecule is COc1cc2c(cc1OC)C(Cc1ccc(-c3ccc(C)cc3)cc1)NCC2.COc1cc2c(cc1OC)C(Cc1ccc(-c3ccc(C)cc3)cc1)NCC2.O=C(O)C(=O)O.O=C(O)C(=O)O. The van der Waals surface area contributed by atoms with Gasteiger partial charge in [0, 0.05) is 12.1 Å². The van der Waals surface area contributed by atoms with Crippen molar-refractivity contribution in [3.63, 3.8) is 0 Å². The van der Waals surface area contributed by atoms with Crippen LogP contribution < -0.4 is 29.6 Å². The number of aliphatic carboxylic acids is 4. The normalized spacial score (nSPS) is 14.3. The zero-order valence-electron chi connectivity index (χ0n) is 39.0. The van der Waals surface area contributed by atoms with Gasteiger partial charge in [-0.1, -0.05) is 108 Å². The van der Waals surface area contributed by atoms with Gasteiger partial charge in [-0.15, -0.1) is 0 Å². The second-order valence-electron chi connectivity index (χ2n) is 16.1. The van der Waals surface area contributed by atoms with Crippen LogP contribution in [0.15, 0.2) is 121 Å². The fourth-order valence-electron chi connectivity index (χ4n) is 7.93. The molecule has 0 saturated heterocycles. The average Bonchev–Trinajstić information content (AvgIpc) is 3.35. The van der Waals surface area contributed by atoms with E-state index >= 15 is 0 Å². The highest BCUT2D eigenvalue weighted by Crippen LogP contribution is 2.38. The Kier molecular flexibility index (Phi) is 18.7. The molecule has 2 aliphatic heterocycles. The Morgan fingerprint density at radius 2 is 0.706 bits per heavy atom. The van der Waals surface area contributed by atoms with Gasteiger partial charge in [-0.2, -0.15) is 0 Å². The second kappa shape index (κ2) is 24.7. The highest BCUT2D eigenvalue weighted by molar-refractivity contribution is 6.27. The van der Waals surface area contributed by atoms with E-state index in [1.165, 1.54) is 66.8 Å². The van der Waals surface area contributed by atoms with Gasteiger partial charge in [-0.05, 0) is 133 Å². The maximum absolute atomic E-state index is 9.10. The number of carbonyl (C=O) groups is 4. The summed E-state index contributed by atoms with van der Waals surface area (Å²) in [5, 5.41) is 36.9. The molecule has 6 N–H and O–H groups in total. The molecule has 0 fully saturated rings. The van der Waals surface area contributed by atoms with Crippen molar-refractivity contribution in [3.8, 4) is 45.3 Å². The van der Waals surface area contributed by atoms with E-state index < -0.39 is 23.9 Å². The molecular formula is C54H58N2O12. The van der Waals surface area contributed by atoms with Gasteiger partial charge in [0.1, 0.15) is 0 Å². The topological polar surface area (TPSA) is 210 Å². The first-order valence-corrected chi connectivity index (χ1v) is 21.8. The summed E-state index contributed by atoms with van der Waals surface area (Å²) in [6, 6.07) is 44.3. The molecule has 14 nitrogen and oxygen atoms in total. The number of hydrogen-bond donors (Lipinski definition) is 6. The summed E-state index contributed by atoms with van der Waals surface area (Å²) < 4.78 is 22.0. The van der Waals surface area contributed by atoms with Crippen molar-refractivity contribution >= 4 is 23.9 Å². The third-order valence-corrected chi connectivity index (χ3v) is 11.5. The number of fused-ring (bicyclic) bond motifs is 2. The Bertz CT molecular complexity index is 2440. The molecule has 0 aromatic heterocycles. The summed E-state index contributed by atoms with van der Waals surface area (Å²) in [7, 11) is 6.77. The summed E-state index contributed by atoms with van der Waals surface area (Å²) in [5.41, 5.74) is 15.6. The summed E-state index contributed by atoms with van der Waals surface area (Å²) in [6.07, 6.45) is 3.93. The lowest BCUT2D eigenvalue weighted by Gasteiger charge is -2.28. The summed E-state index contributed by atoms with van der Waals surface area (Å²) in [4.78, 5) is 36.4. The molecule has 0 bridgehead atoms. The smallest absolute Gasteiger partial charge is 0.414 e.